The van der Waals surface area contributed by atoms with Gasteiger partial charge in [-0.2, -0.15) is 0 Å². The molecule has 3 aromatic rings. The van der Waals surface area contributed by atoms with Crippen molar-refractivity contribution in [3.63, 3.8) is 0 Å². The van der Waals surface area contributed by atoms with Crippen LogP contribution in [0.3, 0.4) is 0 Å². The van der Waals surface area contributed by atoms with Gasteiger partial charge >= 0.3 is 0 Å². The zero-order valence-electron chi connectivity index (χ0n) is 19.4. The number of aromatic nitrogens is 4. The average molecular weight is 466 g/mol. The van der Waals surface area contributed by atoms with Gasteiger partial charge in [-0.15, -0.1) is 0 Å². The van der Waals surface area contributed by atoms with Crippen LogP contribution in [0.25, 0.3) is 11.2 Å². The molecule has 2 aliphatic rings. The largest absolute Gasteiger partial charge is 0.484 e. The molecule has 2 saturated heterocycles. The molecule has 0 aliphatic carbocycles. The summed E-state index contributed by atoms with van der Waals surface area (Å²) in [5.74, 6) is 0.832. The van der Waals surface area contributed by atoms with Crippen LogP contribution in [0.1, 0.15) is 37.8 Å². The van der Waals surface area contributed by atoms with E-state index in [0.717, 1.165) is 19.6 Å². The number of carbonyl (C=O) groups excluding carboxylic acids is 1. The summed E-state index contributed by atoms with van der Waals surface area (Å²) in [6.45, 7) is 5.75. The minimum atomic E-state index is -1.03. The van der Waals surface area contributed by atoms with Crippen LogP contribution >= 0.6 is 0 Å². The van der Waals surface area contributed by atoms with Gasteiger partial charge in [0.1, 0.15) is 17.6 Å². The number of imidazole rings is 1. The number of piperidine rings is 1. The van der Waals surface area contributed by atoms with E-state index in [2.05, 4.69) is 32.0 Å². The van der Waals surface area contributed by atoms with E-state index in [-0.39, 0.29) is 18.3 Å². The van der Waals surface area contributed by atoms with Crippen LogP contribution in [0.15, 0.2) is 36.9 Å². The van der Waals surface area contributed by atoms with E-state index in [1.165, 1.54) is 24.7 Å². The fraction of sp³-hybridized carbons (Fsp3) is 0.500. The van der Waals surface area contributed by atoms with Gasteiger partial charge in [0.2, 0.25) is 0 Å². The molecule has 0 spiro atoms. The Bertz CT molecular complexity index is 1160. The summed E-state index contributed by atoms with van der Waals surface area (Å²) < 4.78 is 7.57. The molecule has 0 radical (unpaired) electrons. The lowest BCUT2D eigenvalue weighted by Crippen LogP contribution is -2.53. The summed E-state index contributed by atoms with van der Waals surface area (Å²) in [4.78, 5) is 29.7. The van der Waals surface area contributed by atoms with Gasteiger partial charge in [-0.05, 0) is 57.0 Å². The highest BCUT2D eigenvalue weighted by Crippen LogP contribution is 2.34. The van der Waals surface area contributed by atoms with E-state index in [1.54, 1.807) is 22.7 Å². The molecule has 1 aromatic carbocycles. The van der Waals surface area contributed by atoms with Gasteiger partial charge in [0.25, 0.3) is 5.91 Å². The number of aliphatic hydroxyl groups is 1. The quantitative estimate of drug-likeness (QED) is 0.563. The fourth-order valence-electron chi connectivity index (χ4n) is 4.86. The Balaban J connectivity index is 1.22. The van der Waals surface area contributed by atoms with Crippen LogP contribution in [-0.2, 0) is 11.3 Å². The highest BCUT2D eigenvalue weighted by molar-refractivity contribution is 5.81. The zero-order valence-corrected chi connectivity index (χ0v) is 19.4. The van der Waals surface area contributed by atoms with Gasteiger partial charge in [-0.3, -0.25) is 9.69 Å². The standard InChI is InChI=1S/C24H31N7O3/c1-24(33)8-11-30(13-19(24)31-16-28-21-22(25)26-15-27-23(21)31)20(32)14-34-18-6-4-17(5-7-18)12-29-9-2-3-10-29/h4-7,15-16,19,33H,2-3,8-14H2,1H3,(H2,25,26,27)/t19-,24-/m1/s1. The molecule has 4 heterocycles. The maximum Gasteiger partial charge on any atom is 0.260 e. The van der Waals surface area contributed by atoms with Crippen molar-refractivity contribution in [3.8, 4) is 5.75 Å². The van der Waals surface area contributed by atoms with Gasteiger partial charge in [-0.1, -0.05) is 12.1 Å². The highest BCUT2D eigenvalue weighted by atomic mass is 16.5. The smallest absolute Gasteiger partial charge is 0.260 e. The fourth-order valence-corrected chi connectivity index (χ4v) is 4.86. The van der Waals surface area contributed by atoms with E-state index in [1.807, 2.05) is 12.1 Å². The first kappa shape index (κ1) is 22.5. The second kappa shape index (κ2) is 9.19. The first-order valence-corrected chi connectivity index (χ1v) is 11.8. The summed E-state index contributed by atoms with van der Waals surface area (Å²) in [6.07, 6.45) is 5.95. The Morgan fingerprint density at radius 1 is 1.18 bits per heavy atom. The maximum absolute atomic E-state index is 13.0. The molecular weight excluding hydrogens is 434 g/mol. The summed E-state index contributed by atoms with van der Waals surface area (Å²) in [6, 6.07) is 7.54. The summed E-state index contributed by atoms with van der Waals surface area (Å²) >= 11 is 0. The predicted molar refractivity (Wildman–Crippen MR) is 127 cm³/mol. The van der Waals surface area contributed by atoms with Gasteiger partial charge in [0, 0.05) is 19.6 Å². The second-order valence-corrected chi connectivity index (χ2v) is 9.46. The number of carbonyl (C=O) groups is 1. The number of nitrogens with zero attached hydrogens (tertiary/aromatic N) is 6. The van der Waals surface area contributed by atoms with Gasteiger partial charge in [0.05, 0.1) is 18.0 Å². The molecule has 0 saturated carbocycles. The van der Waals surface area contributed by atoms with Gasteiger partial charge in [-0.25, -0.2) is 15.0 Å². The molecule has 180 valence electrons. The lowest BCUT2D eigenvalue weighted by Gasteiger charge is -2.43. The van der Waals surface area contributed by atoms with Crippen LogP contribution in [-0.4, -0.2) is 78.7 Å². The Hall–Kier alpha value is -3.24. The van der Waals surface area contributed by atoms with Crippen molar-refractivity contribution in [2.24, 2.45) is 0 Å². The number of fused-ring (bicyclic) bond motifs is 1. The number of anilines is 1. The molecular formula is C24H31N7O3. The second-order valence-electron chi connectivity index (χ2n) is 9.46. The Morgan fingerprint density at radius 3 is 2.71 bits per heavy atom. The Kier molecular flexibility index (Phi) is 6.09. The summed E-state index contributed by atoms with van der Waals surface area (Å²) in [7, 11) is 0. The predicted octanol–water partition coefficient (Wildman–Crippen LogP) is 1.61. The maximum atomic E-state index is 13.0. The van der Waals surface area contributed by atoms with Gasteiger partial charge < -0.3 is 25.0 Å². The first-order valence-electron chi connectivity index (χ1n) is 11.8. The third-order valence-corrected chi connectivity index (χ3v) is 6.97. The Morgan fingerprint density at radius 2 is 1.94 bits per heavy atom. The number of rotatable bonds is 6. The molecule has 10 heteroatoms. The average Bonchev–Trinajstić information content (AvgIpc) is 3.49. The normalized spacial score (nSPS) is 23.5. The number of ether oxygens (including phenoxy) is 1. The molecule has 10 nitrogen and oxygen atoms in total. The highest BCUT2D eigenvalue weighted by Gasteiger charge is 2.41. The number of benzene rings is 1. The molecule has 1 amide bonds. The van der Waals surface area contributed by atoms with Crippen molar-refractivity contribution >= 4 is 22.9 Å². The van der Waals surface area contributed by atoms with E-state index in [4.69, 9.17) is 10.5 Å². The molecule has 0 bridgehead atoms. The van der Waals surface area contributed by atoms with E-state index < -0.39 is 11.6 Å². The lowest BCUT2D eigenvalue weighted by atomic mass is 9.88. The molecule has 3 N–H and O–H groups in total. The Labute approximate surface area is 198 Å². The summed E-state index contributed by atoms with van der Waals surface area (Å²) in [5, 5.41) is 11.1. The van der Waals surface area contributed by atoms with E-state index in [0.29, 0.717) is 36.4 Å². The number of nitrogen functional groups attached to an aromatic ring is 1. The minimum absolute atomic E-state index is 0.0554. The van der Waals surface area contributed by atoms with Crippen molar-refractivity contribution in [2.75, 3.05) is 38.5 Å². The summed E-state index contributed by atoms with van der Waals surface area (Å²) in [5.41, 5.74) is 7.15. The van der Waals surface area contributed by atoms with Crippen LogP contribution in [0.5, 0.6) is 5.75 Å². The lowest BCUT2D eigenvalue weighted by molar-refractivity contribution is -0.140. The number of hydrogen-bond donors (Lipinski definition) is 2. The molecule has 2 aromatic heterocycles. The molecule has 5 rings (SSSR count). The minimum Gasteiger partial charge on any atom is -0.484 e. The molecule has 2 fully saturated rings. The van der Waals surface area contributed by atoms with Crippen molar-refractivity contribution in [1.82, 2.24) is 29.3 Å². The van der Waals surface area contributed by atoms with Crippen LogP contribution in [0.4, 0.5) is 5.82 Å². The van der Waals surface area contributed by atoms with Crippen molar-refractivity contribution in [1.29, 1.82) is 0 Å². The first-order chi connectivity index (χ1) is 16.4. The van der Waals surface area contributed by atoms with Crippen LogP contribution < -0.4 is 10.5 Å². The topological polar surface area (TPSA) is 123 Å². The van der Waals surface area contributed by atoms with Crippen molar-refractivity contribution in [2.45, 2.75) is 44.4 Å². The molecule has 2 atom stereocenters. The van der Waals surface area contributed by atoms with Crippen LogP contribution in [0.2, 0.25) is 0 Å². The van der Waals surface area contributed by atoms with Crippen molar-refractivity contribution in [3.05, 3.63) is 42.5 Å². The number of amides is 1. The van der Waals surface area contributed by atoms with E-state index >= 15 is 0 Å². The monoisotopic (exact) mass is 465 g/mol. The third kappa shape index (κ3) is 4.55. The van der Waals surface area contributed by atoms with Crippen molar-refractivity contribution < 1.29 is 14.6 Å². The zero-order chi connectivity index (χ0) is 23.7. The molecule has 2 aliphatic heterocycles. The van der Waals surface area contributed by atoms with Gasteiger partial charge in [0.15, 0.2) is 18.1 Å². The third-order valence-electron chi connectivity index (χ3n) is 6.97. The molecule has 0 unspecified atom stereocenters. The molecule has 34 heavy (non-hydrogen) atoms. The number of hydrogen-bond acceptors (Lipinski definition) is 8. The van der Waals surface area contributed by atoms with E-state index in [9.17, 15) is 9.90 Å². The number of likely N-dealkylation sites (tertiary alicyclic amines) is 2. The SMILES string of the molecule is C[C@@]1(O)CCN(C(=O)COc2ccc(CN3CCCC3)cc2)C[C@H]1n1cnc2c(N)ncnc21. The number of nitrogens with two attached hydrogens (primary N) is 1. The van der Waals surface area contributed by atoms with Crippen LogP contribution in [0, 0.1) is 0 Å².